The van der Waals surface area contributed by atoms with Crippen LogP contribution in [0.1, 0.15) is 31.7 Å². The van der Waals surface area contributed by atoms with Gasteiger partial charge in [-0.15, -0.1) is 0 Å². The fourth-order valence-corrected chi connectivity index (χ4v) is 4.54. The van der Waals surface area contributed by atoms with Gasteiger partial charge in [0.05, 0.1) is 11.9 Å². The van der Waals surface area contributed by atoms with Crippen LogP contribution < -0.4 is 0 Å². The molecule has 0 bridgehead atoms. The van der Waals surface area contributed by atoms with E-state index in [2.05, 4.69) is 0 Å². The van der Waals surface area contributed by atoms with E-state index in [0.29, 0.717) is 13.1 Å². The predicted octanol–water partition coefficient (Wildman–Crippen LogP) is 1.82. The summed E-state index contributed by atoms with van der Waals surface area (Å²) < 4.78 is 26.4. The Morgan fingerprint density at radius 2 is 1.95 bits per heavy atom. The Balaban J connectivity index is 2.02. The maximum absolute atomic E-state index is 12.4. The van der Waals surface area contributed by atoms with Crippen LogP contribution in [-0.4, -0.2) is 42.8 Å². The molecule has 1 saturated heterocycles. The zero-order valence-corrected chi connectivity index (χ0v) is 12.9. The SMILES string of the molecule is CC(CS(=O)(=O)N1CCC(C(C)O)C1)c1ccccc1. The van der Waals surface area contributed by atoms with E-state index in [9.17, 15) is 13.5 Å². The summed E-state index contributed by atoms with van der Waals surface area (Å²) in [5.74, 6) is 0.174. The fourth-order valence-electron chi connectivity index (χ4n) is 2.70. The smallest absolute Gasteiger partial charge is 0.214 e. The second kappa shape index (κ2) is 6.24. The maximum atomic E-state index is 12.4. The molecule has 0 saturated carbocycles. The van der Waals surface area contributed by atoms with E-state index in [-0.39, 0.29) is 17.6 Å². The highest BCUT2D eigenvalue weighted by atomic mass is 32.2. The summed E-state index contributed by atoms with van der Waals surface area (Å²) in [4.78, 5) is 0. The molecule has 5 heteroatoms. The zero-order chi connectivity index (χ0) is 14.8. The molecule has 0 aromatic heterocycles. The van der Waals surface area contributed by atoms with Gasteiger partial charge in [0, 0.05) is 13.1 Å². The lowest BCUT2D eigenvalue weighted by Crippen LogP contribution is -2.33. The monoisotopic (exact) mass is 297 g/mol. The normalized spacial score (nSPS) is 23.6. The highest BCUT2D eigenvalue weighted by Crippen LogP contribution is 2.25. The van der Waals surface area contributed by atoms with Crippen LogP contribution in [0.2, 0.25) is 0 Å². The van der Waals surface area contributed by atoms with Crippen molar-refractivity contribution in [2.24, 2.45) is 5.92 Å². The van der Waals surface area contributed by atoms with Crippen LogP contribution >= 0.6 is 0 Å². The molecule has 1 aliphatic rings. The van der Waals surface area contributed by atoms with Crippen LogP contribution in [0.25, 0.3) is 0 Å². The second-order valence-corrected chi connectivity index (χ2v) is 7.75. The number of aliphatic hydroxyl groups excluding tert-OH is 1. The fraction of sp³-hybridized carbons (Fsp3) is 0.600. The van der Waals surface area contributed by atoms with Gasteiger partial charge < -0.3 is 5.11 Å². The third-order valence-corrected chi connectivity index (χ3v) is 6.13. The van der Waals surface area contributed by atoms with Crippen molar-refractivity contribution in [3.63, 3.8) is 0 Å². The molecule has 20 heavy (non-hydrogen) atoms. The zero-order valence-electron chi connectivity index (χ0n) is 12.1. The van der Waals surface area contributed by atoms with E-state index in [1.54, 1.807) is 6.92 Å². The van der Waals surface area contributed by atoms with Crippen molar-refractivity contribution in [3.8, 4) is 0 Å². The minimum Gasteiger partial charge on any atom is -0.393 e. The van der Waals surface area contributed by atoms with Crippen molar-refractivity contribution in [3.05, 3.63) is 35.9 Å². The third-order valence-electron chi connectivity index (χ3n) is 4.09. The van der Waals surface area contributed by atoms with Crippen LogP contribution in [0, 0.1) is 5.92 Å². The summed E-state index contributed by atoms with van der Waals surface area (Å²) >= 11 is 0. The first-order valence-electron chi connectivity index (χ1n) is 7.11. The van der Waals surface area contributed by atoms with Crippen molar-refractivity contribution >= 4 is 10.0 Å². The van der Waals surface area contributed by atoms with Crippen molar-refractivity contribution < 1.29 is 13.5 Å². The summed E-state index contributed by atoms with van der Waals surface area (Å²) in [6, 6.07) is 9.71. The summed E-state index contributed by atoms with van der Waals surface area (Å²) in [6.07, 6.45) is 0.304. The Bertz CT molecular complexity index is 527. The van der Waals surface area contributed by atoms with Crippen LogP contribution in [0.15, 0.2) is 30.3 Å². The van der Waals surface area contributed by atoms with E-state index in [1.165, 1.54) is 4.31 Å². The van der Waals surface area contributed by atoms with Gasteiger partial charge in [0.1, 0.15) is 0 Å². The number of sulfonamides is 1. The highest BCUT2D eigenvalue weighted by molar-refractivity contribution is 7.89. The van der Waals surface area contributed by atoms with Crippen LogP contribution in [-0.2, 0) is 10.0 Å². The molecule has 0 radical (unpaired) electrons. The Morgan fingerprint density at radius 1 is 1.30 bits per heavy atom. The first-order chi connectivity index (χ1) is 9.40. The second-order valence-electron chi connectivity index (χ2n) is 5.74. The lowest BCUT2D eigenvalue weighted by molar-refractivity contribution is 0.133. The van der Waals surface area contributed by atoms with Crippen molar-refractivity contribution in [2.45, 2.75) is 32.3 Å². The highest BCUT2D eigenvalue weighted by Gasteiger charge is 2.34. The lowest BCUT2D eigenvalue weighted by atomic mass is 10.0. The molecule has 1 fully saturated rings. The summed E-state index contributed by atoms with van der Waals surface area (Å²) in [7, 11) is -3.25. The Kier molecular flexibility index (Phi) is 4.83. The number of rotatable bonds is 5. The van der Waals surface area contributed by atoms with Gasteiger partial charge in [-0.3, -0.25) is 0 Å². The molecule has 2 rings (SSSR count). The summed E-state index contributed by atoms with van der Waals surface area (Å²) in [6.45, 7) is 4.64. The maximum Gasteiger partial charge on any atom is 0.214 e. The van der Waals surface area contributed by atoms with Gasteiger partial charge in [-0.05, 0) is 30.7 Å². The van der Waals surface area contributed by atoms with Crippen molar-refractivity contribution in [1.82, 2.24) is 4.31 Å². The largest absolute Gasteiger partial charge is 0.393 e. The minimum atomic E-state index is -3.25. The molecular weight excluding hydrogens is 274 g/mol. The molecule has 1 aromatic carbocycles. The van der Waals surface area contributed by atoms with Gasteiger partial charge >= 0.3 is 0 Å². The van der Waals surface area contributed by atoms with Crippen molar-refractivity contribution in [2.75, 3.05) is 18.8 Å². The van der Waals surface area contributed by atoms with E-state index in [1.807, 2.05) is 37.3 Å². The molecule has 0 spiro atoms. The van der Waals surface area contributed by atoms with Crippen LogP contribution in [0.4, 0.5) is 0 Å². The van der Waals surface area contributed by atoms with E-state index < -0.39 is 16.1 Å². The number of benzene rings is 1. The first-order valence-corrected chi connectivity index (χ1v) is 8.72. The molecular formula is C15H23NO3S. The number of aliphatic hydroxyl groups is 1. The average molecular weight is 297 g/mol. The Morgan fingerprint density at radius 3 is 2.50 bits per heavy atom. The number of nitrogens with zero attached hydrogens (tertiary/aromatic N) is 1. The van der Waals surface area contributed by atoms with E-state index in [0.717, 1.165) is 12.0 Å². The van der Waals surface area contributed by atoms with Gasteiger partial charge in [-0.25, -0.2) is 12.7 Å². The molecule has 1 aliphatic heterocycles. The van der Waals surface area contributed by atoms with E-state index >= 15 is 0 Å². The lowest BCUT2D eigenvalue weighted by Gasteiger charge is -2.20. The number of hydrogen-bond donors (Lipinski definition) is 1. The quantitative estimate of drug-likeness (QED) is 0.902. The molecule has 112 valence electrons. The van der Waals surface area contributed by atoms with Crippen LogP contribution in [0.5, 0.6) is 0 Å². The number of hydrogen-bond acceptors (Lipinski definition) is 3. The van der Waals surface area contributed by atoms with Gasteiger partial charge in [-0.1, -0.05) is 37.3 Å². The van der Waals surface area contributed by atoms with Gasteiger partial charge in [-0.2, -0.15) is 0 Å². The average Bonchev–Trinajstić information content (AvgIpc) is 2.90. The third kappa shape index (κ3) is 3.59. The molecule has 1 N–H and O–H groups in total. The van der Waals surface area contributed by atoms with Crippen LogP contribution in [0.3, 0.4) is 0 Å². The standard InChI is InChI=1S/C15H23NO3S/c1-12(14-6-4-3-5-7-14)11-20(18,19)16-9-8-15(10-16)13(2)17/h3-7,12-13,15,17H,8-11H2,1-2H3. The molecule has 4 nitrogen and oxygen atoms in total. The summed E-state index contributed by atoms with van der Waals surface area (Å²) in [5.41, 5.74) is 1.04. The molecule has 0 amide bonds. The Labute approximate surface area is 121 Å². The van der Waals surface area contributed by atoms with Crippen molar-refractivity contribution in [1.29, 1.82) is 0 Å². The predicted molar refractivity (Wildman–Crippen MR) is 80.0 cm³/mol. The molecule has 0 aliphatic carbocycles. The Hall–Kier alpha value is -0.910. The topological polar surface area (TPSA) is 57.6 Å². The molecule has 1 aromatic rings. The summed E-state index contributed by atoms with van der Waals surface area (Å²) in [5, 5.41) is 9.57. The molecule has 3 atom stereocenters. The van der Waals surface area contributed by atoms with Gasteiger partial charge in [0.2, 0.25) is 10.0 Å². The van der Waals surface area contributed by atoms with Gasteiger partial charge in [0.25, 0.3) is 0 Å². The minimum absolute atomic E-state index is 0.0215. The van der Waals surface area contributed by atoms with E-state index in [4.69, 9.17) is 0 Å². The first kappa shape index (κ1) is 15.5. The van der Waals surface area contributed by atoms with Gasteiger partial charge in [0.15, 0.2) is 0 Å². The molecule has 1 heterocycles. The molecule has 3 unspecified atom stereocenters.